The van der Waals surface area contributed by atoms with Crippen LogP contribution in [0.4, 0.5) is 0 Å². The average Bonchev–Trinajstić information content (AvgIpc) is 2.51. The van der Waals surface area contributed by atoms with Gasteiger partial charge in [-0.15, -0.1) is 11.3 Å². The molecule has 0 saturated heterocycles. The van der Waals surface area contributed by atoms with E-state index in [4.69, 9.17) is 21.7 Å². The van der Waals surface area contributed by atoms with E-state index in [1.807, 2.05) is 27.7 Å². The summed E-state index contributed by atoms with van der Waals surface area (Å²) in [7, 11) is 0. The second-order valence-electron chi connectivity index (χ2n) is 4.92. The minimum absolute atomic E-state index is 0.205. The standard InChI is InChI=1S/C12H19NO3S2/c1-8-9(18-11(17)13-8)7-10(14)15-5-6-16-12(2,3)4/h5-7H2,1-4H3,(H,13,17). The van der Waals surface area contributed by atoms with E-state index in [-0.39, 0.29) is 24.6 Å². The van der Waals surface area contributed by atoms with Crippen molar-refractivity contribution in [3.05, 3.63) is 14.5 Å². The monoisotopic (exact) mass is 289 g/mol. The first-order valence-electron chi connectivity index (χ1n) is 5.76. The highest BCUT2D eigenvalue weighted by Crippen LogP contribution is 2.15. The molecule has 0 unspecified atom stereocenters. The van der Waals surface area contributed by atoms with Crippen molar-refractivity contribution in [1.82, 2.24) is 4.98 Å². The molecule has 1 rings (SSSR count). The summed E-state index contributed by atoms with van der Waals surface area (Å²) in [5, 5.41) is 0. The van der Waals surface area contributed by atoms with Gasteiger partial charge in [0.1, 0.15) is 6.61 Å². The van der Waals surface area contributed by atoms with Crippen LogP contribution in [0.3, 0.4) is 0 Å². The largest absolute Gasteiger partial charge is 0.463 e. The zero-order valence-corrected chi connectivity index (χ0v) is 12.8. The first kappa shape index (κ1) is 15.3. The number of hydrogen-bond acceptors (Lipinski definition) is 5. The fourth-order valence-corrected chi connectivity index (χ4v) is 2.57. The highest BCUT2D eigenvalue weighted by atomic mass is 32.1. The molecule has 0 bridgehead atoms. The van der Waals surface area contributed by atoms with Crippen LogP contribution < -0.4 is 0 Å². The number of H-pyrrole nitrogens is 1. The average molecular weight is 289 g/mol. The topological polar surface area (TPSA) is 51.3 Å². The molecule has 0 aliphatic heterocycles. The summed E-state index contributed by atoms with van der Waals surface area (Å²) < 4.78 is 11.2. The molecular formula is C12H19NO3S2. The molecule has 1 N–H and O–H groups in total. The number of carbonyl (C=O) groups excluding carboxylic acids is 1. The Bertz CT molecular complexity index is 457. The van der Waals surface area contributed by atoms with Gasteiger partial charge in [-0.3, -0.25) is 4.79 Å². The van der Waals surface area contributed by atoms with Gasteiger partial charge in [0.2, 0.25) is 0 Å². The maximum Gasteiger partial charge on any atom is 0.311 e. The number of thiazole rings is 1. The quantitative estimate of drug-likeness (QED) is 0.514. The molecule has 0 aliphatic rings. The summed E-state index contributed by atoms with van der Waals surface area (Å²) in [4.78, 5) is 15.5. The van der Waals surface area contributed by atoms with Gasteiger partial charge >= 0.3 is 5.97 Å². The van der Waals surface area contributed by atoms with Crippen molar-refractivity contribution in [3.63, 3.8) is 0 Å². The highest BCUT2D eigenvalue weighted by molar-refractivity contribution is 7.73. The molecule has 1 aromatic heterocycles. The normalized spacial score (nSPS) is 11.6. The van der Waals surface area contributed by atoms with Crippen LogP contribution in [-0.2, 0) is 20.7 Å². The summed E-state index contributed by atoms with van der Waals surface area (Å²) in [6, 6.07) is 0. The van der Waals surface area contributed by atoms with Gasteiger partial charge in [-0.05, 0) is 39.9 Å². The van der Waals surface area contributed by atoms with Gasteiger partial charge in [0.15, 0.2) is 3.95 Å². The molecule has 6 heteroatoms. The van der Waals surface area contributed by atoms with Gasteiger partial charge in [0.05, 0.1) is 18.6 Å². The Hall–Kier alpha value is -0.720. The maximum atomic E-state index is 11.6. The Morgan fingerprint density at radius 1 is 1.39 bits per heavy atom. The molecular weight excluding hydrogens is 270 g/mol. The van der Waals surface area contributed by atoms with E-state index in [2.05, 4.69) is 4.98 Å². The summed E-state index contributed by atoms with van der Waals surface area (Å²) in [5.41, 5.74) is 0.732. The number of ether oxygens (including phenoxy) is 2. The lowest BCUT2D eigenvalue weighted by Gasteiger charge is -2.19. The van der Waals surface area contributed by atoms with Crippen LogP contribution in [0.25, 0.3) is 0 Å². The molecule has 0 aliphatic carbocycles. The lowest BCUT2D eigenvalue weighted by atomic mass is 10.2. The number of aromatic amines is 1. The molecule has 0 atom stereocenters. The number of hydrogen-bond donors (Lipinski definition) is 1. The first-order chi connectivity index (χ1) is 8.28. The number of esters is 1. The summed E-state index contributed by atoms with van der Waals surface area (Å²) in [5.74, 6) is -0.249. The Balaban J connectivity index is 2.30. The number of nitrogens with one attached hydrogen (secondary N) is 1. The van der Waals surface area contributed by atoms with Crippen molar-refractivity contribution in [2.75, 3.05) is 13.2 Å². The third-order valence-electron chi connectivity index (χ3n) is 2.11. The molecule has 0 aromatic carbocycles. The van der Waals surface area contributed by atoms with Crippen LogP contribution in [-0.4, -0.2) is 29.8 Å². The lowest BCUT2D eigenvalue weighted by Crippen LogP contribution is -2.23. The van der Waals surface area contributed by atoms with Crippen LogP contribution in [0.2, 0.25) is 0 Å². The lowest BCUT2D eigenvalue weighted by molar-refractivity contribution is -0.146. The van der Waals surface area contributed by atoms with Crippen molar-refractivity contribution in [1.29, 1.82) is 0 Å². The summed E-state index contributed by atoms with van der Waals surface area (Å²) in [6.45, 7) is 8.49. The van der Waals surface area contributed by atoms with E-state index >= 15 is 0 Å². The van der Waals surface area contributed by atoms with E-state index < -0.39 is 0 Å². The zero-order chi connectivity index (χ0) is 13.8. The van der Waals surface area contributed by atoms with Gasteiger partial charge in [-0.1, -0.05) is 0 Å². The zero-order valence-electron chi connectivity index (χ0n) is 11.2. The predicted octanol–water partition coefficient (Wildman–Crippen LogP) is 3.01. The van der Waals surface area contributed by atoms with Crippen LogP contribution in [0.1, 0.15) is 31.3 Å². The fourth-order valence-electron chi connectivity index (χ4n) is 1.29. The van der Waals surface area contributed by atoms with Gasteiger partial charge in [0.25, 0.3) is 0 Å². The van der Waals surface area contributed by atoms with Gasteiger partial charge < -0.3 is 14.5 Å². The second kappa shape index (κ2) is 6.45. The molecule has 1 heterocycles. The molecule has 4 nitrogen and oxygen atoms in total. The van der Waals surface area contributed by atoms with E-state index in [1.165, 1.54) is 11.3 Å². The molecule has 1 aromatic rings. The fraction of sp³-hybridized carbons (Fsp3) is 0.667. The second-order valence-corrected chi connectivity index (χ2v) is 6.69. The van der Waals surface area contributed by atoms with E-state index in [1.54, 1.807) is 0 Å². The summed E-state index contributed by atoms with van der Waals surface area (Å²) in [6.07, 6.45) is 0.263. The molecule has 0 spiro atoms. The van der Waals surface area contributed by atoms with Gasteiger partial charge in [-0.25, -0.2) is 0 Å². The molecule has 0 saturated carbocycles. The first-order valence-corrected chi connectivity index (χ1v) is 6.98. The minimum atomic E-state index is -0.249. The Morgan fingerprint density at radius 2 is 2.06 bits per heavy atom. The predicted molar refractivity (Wildman–Crippen MR) is 74.6 cm³/mol. The minimum Gasteiger partial charge on any atom is -0.463 e. The SMILES string of the molecule is Cc1[nH]c(=S)sc1CC(=O)OCCOC(C)(C)C. The van der Waals surface area contributed by atoms with E-state index in [9.17, 15) is 4.79 Å². The molecule has 102 valence electrons. The van der Waals surface area contributed by atoms with Gasteiger partial charge in [-0.2, -0.15) is 0 Å². The number of aryl methyl sites for hydroxylation is 1. The Labute approximate surface area is 116 Å². The van der Waals surface area contributed by atoms with Crippen molar-refractivity contribution in [2.45, 2.75) is 39.7 Å². The van der Waals surface area contributed by atoms with Crippen LogP contribution in [0, 0.1) is 10.9 Å². The summed E-state index contributed by atoms with van der Waals surface area (Å²) >= 11 is 6.42. The maximum absolute atomic E-state index is 11.6. The van der Waals surface area contributed by atoms with E-state index in [0.717, 1.165) is 10.6 Å². The third-order valence-corrected chi connectivity index (χ3v) is 3.45. The highest BCUT2D eigenvalue weighted by Gasteiger charge is 2.12. The van der Waals surface area contributed by atoms with Crippen molar-refractivity contribution in [2.24, 2.45) is 0 Å². The number of carbonyl (C=O) groups is 1. The van der Waals surface area contributed by atoms with Crippen molar-refractivity contribution in [3.8, 4) is 0 Å². The number of rotatable bonds is 5. The van der Waals surface area contributed by atoms with Crippen molar-refractivity contribution < 1.29 is 14.3 Å². The Kier molecular flexibility index (Phi) is 5.49. The third kappa shape index (κ3) is 5.75. The van der Waals surface area contributed by atoms with Crippen LogP contribution in [0.15, 0.2) is 0 Å². The number of aromatic nitrogens is 1. The molecule has 0 amide bonds. The van der Waals surface area contributed by atoms with Crippen molar-refractivity contribution >= 4 is 29.5 Å². The smallest absolute Gasteiger partial charge is 0.311 e. The molecule has 0 fully saturated rings. The van der Waals surface area contributed by atoms with Crippen LogP contribution in [0.5, 0.6) is 0 Å². The molecule has 0 radical (unpaired) electrons. The van der Waals surface area contributed by atoms with E-state index in [0.29, 0.717) is 10.6 Å². The van der Waals surface area contributed by atoms with Crippen LogP contribution >= 0.6 is 23.6 Å². The molecule has 18 heavy (non-hydrogen) atoms. The van der Waals surface area contributed by atoms with Gasteiger partial charge in [0, 0.05) is 10.6 Å². The Morgan fingerprint density at radius 3 is 2.56 bits per heavy atom.